The van der Waals surface area contributed by atoms with Gasteiger partial charge in [0, 0.05) is 17.8 Å². The first-order chi connectivity index (χ1) is 10.1. The third kappa shape index (κ3) is 3.50. The van der Waals surface area contributed by atoms with E-state index >= 15 is 0 Å². The number of benzene rings is 2. The second-order valence-corrected chi connectivity index (χ2v) is 5.20. The minimum absolute atomic E-state index is 0.0465. The van der Waals surface area contributed by atoms with Crippen LogP contribution in [0.3, 0.4) is 0 Å². The number of carbonyl (C=O) groups excluding carboxylic acids is 1. The predicted molar refractivity (Wildman–Crippen MR) is 87.7 cm³/mol. The smallest absolute Gasteiger partial charge is 0.258 e. The molecule has 110 valence electrons. The largest absolute Gasteiger partial charge is 0.330 e. The fourth-order valence-electron chi connectivity index (χ4n) is 2.49. The molecule has 0 radical (unpaired) electrons. The standard InChI is InChI=1S/C18H22N2O/c1-14-8-6-9-15(2)17(14)18(21)20(13-7-12-19)16-10-4-3-5-11-16/h3-6,8-11H,7,12-13,19H2,1-2H3. The Morgan fingerprint density at radius 2 is 1.62 bits per heavy atom. The average molecular weight is 282 g/mol. The van der Waals surface area contributed by atoms with Gasteiger partial charge >= 0.3 is 0 Å². The van der Waals surface area contributed by atoms with E-state index in [0.29, 0.717) is 13.1 Å². The van der Waals surface area contributed by atoms with Gasteiger partial charge in [0.25, 0.3) is 5.91 Å². The number of carbonyl (C=O) groups is 1. The van der Waals surface area contributed by atoms with E-state index in [1.54, 1.807) is 0 Å². The summed E-state index contributed by atoms with van der Waals surface area (Å²) in [7, 11) is 0. The molecule has 0 fully saturated rings. The molecule has 2 aromatic rings. The van der Waals surface area contributed by atoms with Gasteiger partial charge in [0.15, 0.2) is 0 Å². The third-order valence-electron chi connectivity index (χ3n) is 3.59. The molecular formula is C18H22N2O. The zero-order chi connectivity index (χ0) is 15.2. The molecule has 0 aliphatic rings. The highest BCUT2D eigenvalue weighted by atomic mass is 16.2. The van der Waals surface area contributed by atoms with Crippen LogP contribution in [-0.4, -0.2) is 19.0 Å². The van der Waals surface area contributed by atoms with Gasteiger partial charge in [0.1, 0.15) is 0 Å². The molecule has 0 atom stereocenters. The van der Waals surface area contributed by atoms with Crippen LogP contribution in [0.4, 0.5) is 5.69 Å². The Morgan fingerprint density at radius 1 is 1.00 bits per heavy atom. The van der Waals surface area contributed by atoms with E-state index < -0.39 is 0 Å². The summed E-state index contributed by atoms with van der Waals surface area (Å²) >= 11 is 0. The summed E-state index contributed by atoms with van der Waals surface area (Å²) in [5, 5.41) is 0. The fraction of sp³-hybridized carbons (Fsp3) is 0.278. The Bertz CT molecular complexity index is 588. The van der Waals surface area contributed by atoms with E-state index in [-0.39, 0.29) is 5.91 Å². The highest BCUT2D eigenvalue weighted by Gasteiger charge is 2.20. The SMILES string of the molecule is Cc1cccc(C)c1C(=O)N(CCCN)c1ccccc1. The number of anilines is 1. The molecule has 2 aromatic carbocycles. The molecular weight excluding hydrogens is 260 g/mol. The zero-order valence-electron chi connectivity index (χ0n) is 12.7. The van der Waals surface area contributed by atoms with Crippen LogP contribution in [0.25, 0.3) is 0 Å². The van der Waals surface area contributed by atoms with Gasteiger partial charge in [-0.2, -0.15) is 0 Å². The molecule has 2 N–H and O–H groups in total. The van der Waals surface area contributed by atoms with E-state index in [1.165, 1.54) is 0 Å². The Balaban J connectivity index is 2.39. The molecule has 3 heteroatoms. The number of hydrogen-bond acceptors (Lipinski definition) is 2. The number of nitrogens with two attached hydrogens (primary N) is 1. The van der Waals surface area contributed by atoms with Crippen LogP contribution in [0.15, 0.2) is 48.5 Å². The number of para-hydroxylation sites is 1. The molecule has 0 unspecified atom stereocenters. The summed E-state index contributed by atoms with van der Waals surface area (Å²) in [6, 6.07) is 15.7. The van der Waals surface area contributed by atoms with E-state index in [9.17, 15) is 4.79 Å². The van der Waals surface area contributed by atoms with Crippen LogP contribution in [-0.2, 0) is 0 Å². The second-order valence-electron chi connectivity index (χ2n) is 5.20. The Morgan fingerprint density at radius 3 is 2.19 bits per heavy atom. The molecule has 2 rings (SSSR count). The van der Waals surface area contributed by atoms with Crippen molar-refractivity contribution in [1.82, 2.24) is 0 Å². The number of amides is 1. The highest BCUT2D eigenvalue weighted by molar-refractivity contribution is 6.08. The molecule has 0 spiro atoms. The van der Waals surface area contributed by atoms with Crippen LogP contribution < -0.4 is 10.6 Å². The minimum atomic E-state index is 0.0465. The van der Waals surface area contributed by atoms with Gasteiger partial charge in [0.05, 0.1) is 0 Å². The summed E-state index contributed by atoms with van der Waals surface area (Å²) in [5.74, 6) is 0.0465. The minimum Gasteiger partial charge on any atom is -0.330 e. The number of rotatable bonds is 5. The third-order valence-corrected chi connectivity index (χ3v) is 3.59. The molecule has 21 heavy (non-hydrogen) atoms. The molecule has 3 nitrogen and oxygen atoms in total. The first kappa shape index (κ1) is 15.3. The van der Waals surface area contributed by atoms with Gasteiger partial charge in [-0.3, -0.25) is 4.79 Å². The van der Waals surface area contributed by atoms with Crippen molar-refractivity contribution < 1.29 is 4.79 Å². The van der Waals surface area contributed by atoms with Gasteiger partial charge in [-0.05, 0) is 50.1 Å². The molecule has 0 aliphatic carbocycles. The van der Waals surface area contributed by atoms with Gasteiger partial charge in [-0.25, -0.2) is 0 Å². The van der Waals surface area contributed by atoms with Crippen LogP contribution in [0.5, 0.6) is 0 Å². The summed E-state index contributed by atoms with van der Waals surface area (Å²) in [6.07, 6.45) is 0.783. The first-order valence-electron chi connectivity index (χ1n) is 7.28. The maximum Gasteiger partial charge on any atom is 0.258 e. The quantitative estimate of drug-likeness (QED) is 0.914. The van der Waals surface area contributed by atoms with Gasteiger partial charge in [-0.15, -0.1) is 0 Å². The predicted octanol–water partition coefficient (Wildman–Crippen LogP) is 3.30. The lowest BCUT2D eigenvalue weighted by atomic mass is 10.0. The van der Waals surface area contributed by atoms with Crippen LogP contribution in [0.2, 0.25) is 0 Å². The number of hydrogen-bond donors (Lipinski definition) is 1. The summed E-state index contributed by atoms with van der Waals surface area (Å²) in [5.41, 5.74) is 9.34. The van der Waals surface area contributed by atoms with Crippen molar-refractivity contribution in [2.24, 2.45) is 5.73 Å². The average Bonchev–Trinajstić information content (AvgIpc) is 2.48. The lowest BCUT2D eigenvalue weighted by Crippen LogP contribution is -2.33. The molecule has 0 bridgehead atoms. The zero-order valence-corrected chi connectivity index (χ0v) is 12.7. The lowest BCUT2D eigenvalue weighted by Gasteiger charge is -2.24. The van der Waals surface area contributed by atoms with Crippen molar-refractivity contribution in [1.29, 1.82) is 0 Å². The topological polar surface area (TPSA) is 46.3 Å². The van der Waals surface area contributed by atoms with Gasteiger partial charge in [0.2, 0.25) is 0 Å². The van der Waals surface area contributed by atoms with E-state index in [1.807, 2.05) is 67.3 Å². The normalized spacial score (nSPS) is 10.4. The summed E-state index contributed by atoms with van der Waals surface area (Å²) in [4.78, 5) is 14.8. The van der Waals surface area contributed by atoms with Crippen molar-refractivity contribution in [2.45, 2.75) is 20.3 Å². The van der Waals surface area contributed by atoms with Crippen molar-refractivity contribution in [2.75, 3.05) is 18.0 Å². The lowest BCUT2D eigenvalue weighted by molar-refractivity contribution is 0.0985. The van der Waals surface area contributed by atoms with Crippen LogP contribution in [0.1, 0.15) is 27.9 Å². The van der Waals surface area contributed by atoms with Crippen LogP contribution >= 0.6 is 0 Å². The maximum atomic E-state index is 13.0. The Hall–Kier alpha value is -2.13. The Labute approximate surface area is 126 Å². The summed E-state index contributed by atoms with van der Waals surface area (Å²) < 4.78 is 0. The van der Waals surface area contributed by atoms with Crippen molar-refractivity contribution in [3.05, 3.63) is 65.2 Å². The van der Waals surface area contributed by atoms with Crippen molar-refractivity contribution >= 4 is 11.6 Å². The fourth-order valence-corrected chi connectivity index (χ4v) is 2.49. The molecule has 0 saturated heterocycles. The molecule has 0 saturated carbocycles. The second kappa shape index (κ2) is 7.04. The molecule has 0 aromatic heterocycles. The highest BCUT2D eigenvalue weighted by Crippen LogP contribution is 2.21. The number of aryl methyl sites for hydroxylation is 2. The monoisotopic (exact) mass is 282 g/mol. The van der Waals surface area contributed by atoms with E-state index in [4.69, 9.17) is 5.73 Å². The summed E-state index contributed by atoms with van der Waals surface area (Å²) in [6.45, 7) is 5.16. The van der Waals surface area contributed by atoms with Gasteiger partial charge < -0.3 is 10.6 Å². The molecule has 0 aliphatic heterocycles. The number of nitrogens with zero attached hydrogens (tertiary/aromatic N) is 1. The van der Waals surface area contributed by atoms with E-state index in [2.05, 4.69) is 0 Å². The molecule has 1 amide bonds. The van der Waals surface area contributed by atoms with E-state index in [0.717, 1.165) is 28.8 Å². The van der Waals surface area contributed by atoms with Gasteiger partial charge in [-0.1, -0.05) is 36.4 Å². The Kier molecular flexibility index (Phi) is 5.12. The van der Waals surface area contributed by atoms with Crippen molar-refractivity contribution in [3.63, 3.8) is 0 Å². The van der Waals surface area contributed by atoms with Crippen LogP contribution in [0, 0.1) is 13.8 Å². The van der Waals surface area contributed by atoms with Crippen molar-refractivity contribution in [3.8, 4) is 0 Å². The first-order valence-corrected chi connectivity index (χ1v) is 7.28. The molecule has 0 heterocycles. The maximum absolute atomic E-state index is 13.0.